The first-order valence-corrected chi connectivity index (χ1v) is 27.3. The van der Waals surface area contributed by atoms with E-state index in [1.165, 1.54) is 59.3 Å². The maximum atomic E-state index is 7.38. The van der Waals surface area contributed by atoms with Crippen LogP contribution in [0, 0.1) is 0 Å². The van der Waals surface area contributed by atoms with Crippen LogP contribution in [-0.2, 0) is 10.8 Å². The summed E-state index contributed by atoms with van der Waals surface area (Å²) < 4.78 is 15.4. The predicted octanol–water partition coefficient (Wildman–Crippen LogP) is 19.0. The highest BCUT2D eigenvalue weighted by molar-refractivity contribution is 7.23. The van der Waals surface area contributed by atoms with Crippen molar-refractivity contribution in [2.75, 3.05) is 9.71 Å². The quantitative estimate of drug-likeness (QED) is 0.161. The Labute approximate surface area is 447 Å². The molecule has 0 amide bonds. The zero-order chi connectivity index (χ0) is 51.2. The van der Waals surface area contributed by atoms with Gasteiger partial charge in [-0.3, -0.25) is 0 Å². The third-order valence-corrected chi connectivity index (χ3v) is 17.4. The van der Waals surface area contributed by atoms with Crippen LogP contribution in [0.4, 0.5) is 28.4 Å². The van der Waals surface area contributed by atoms with Gasteiger partial charge in [-0.2, -0.15) is 0 Å². The highest BCUT2D eigenvalue weighted by Gasteiger charge is 2.48. The number of fused-ring (bicyclic) bond motifs is 12. The molecule has 4 nitrogen and oxygen atoms in total. The number of para-hydroxylation sites is 2. The van der Waals surface area contributed by atoms with E-state index in [9.17, 15) is 0 Å². The van der Waals surface area contributed by atoms with Crippen molar-refractivity contribution in [3.63, 3.8) is 0 Å². The van der Waals surface area contributed by atoms with Crippen molar-refractivity contribution in [3.8, 4) is 43.8 Å². The van der Waals surface area contributed by atoms with Crippen LogP contribution in [0.3, 0.4) is 0 Å². The fraction of sp³-hybridized carbons (Fsp3) is 0.114. The lowest BCUT2D eigenvalue weighted by Gasteiger charge is -2.46. The zero-order valence-electron chi connectivity index (χ0n) is 43.4. The molecule has 0 N–H and O–H groups in total. The third kappa shape index (κ3) is 6.76. The number of thiophene rings is 1. The summed E-state index contributed by atoms with van der Waals surface area (Å²) in [4.78, 5) is 6.46. The van der Waals surface area contributed by atoms with Crippen LogP contribution in [0.5, 0.6) is 0 Å². The molecule has 2 aliphatic rings. The minimum Gasteiger partial charge on any atom is -0.456 e. The van der Waals surface area contributed by atoms with Gasteiger partial charge in [-0.15, -0.1) is 11.3 Å². The lowest BCUT2D eigenvalue weighted by atomic mass is 9.43. The number of furan rings is 2. The van der Waals surface area contributed by atoms with E-state index in [1.54, 1.807) is 0 Å². The SMILES string of the molecule is CC(C)(C)c1ccc(N2B3c4cc5sc(-c6ccccc6)c(-c6ccccc6)c5cc4N(c4ccc(C(C)(C)C)cc4-c4ccccc4)c4c3c(cc3c4oc4ccccc43)-c3cc4c(cc32)oc2ccccc24)cc1. The topological polar surface area (TPSA) is 32.8 Å². The van der Waals surface area contributed by atoms with Crippen LogP contribution in [-0.4, -0.2) is 6.85 Å². The molecule has 364 valence electrons. The van der Waals surface area contributed by atoms with Crippen molar-refractivity contribution in [3.05, 3.63) is 223 Å². The van der Waals surface area contributed by atoms with Gasteiger partial charge in [0.05, 0.1) is 11.4 Å². The molecule has 0 aliphatic carbocycles. The van der Waals surface area contributed by atoms with Gasteiger partial charge < -0.3 is 18.5 Å². The predicted molar refractivity (Wildman–Crippen MR) is 324 cm³/mol. The molecule has 15 rings (SSSR count). The van der Waals surface area contributed by atoms with Crippen LogP contribution >= 0.6 is 11.3 Å². The van der Waals surface area contributed by atoms with Crippen molar-refractivity contribution in [2.24, 2.45) is 0 Å². The molecule has 76 heavy (non-hydrogen) atoms. The molecule has 0 spiro atoms. The van der Waals surface area contributed by atoms with E-state index in [0.717, 1.165) is 89.0 Å². The van der Waals surface area contributed by atoms with E-state index >= 15 is 0 Å². The Bertz CT molecular complexity index is 4480. The molecule has 13 aromatic rings. The molecule has 0 unspecified atom stereocenters. The summed E-state index contributed by atoms with van der Waals surface area (Å²) in [6.45, 7) is 13.5. The molecule has 0 saturated heterocycles. The average Bonchev–Trinajstić information content (AvgIpc) is 4.20. The van der Waals surface area contributed by atoms with E-state index < -0.39 is 0 Å². The van der Waals surface area contributed by atoms with Gasteiger partial charge >= 0.3 is 6.85 Å². The number of benzene rings is 10. The molecular formula is C70H53BN2O2S. The Kier molecular flexibility index (Phi) is 9.72. The van der Waals surface area contributed by atoms with Crippen molar-refractivity contribution in [1.29, 1.82) is 0 Å². The molecule has 10 aromatic carbocycles. The molecule has 0 fully saturated rings. The standard InChI is InChI=1S/C70H53BN2O2S/c1-69(2,3)45-30-33-47(34-31-45)73-58-41-62-52(48-26-16-18-28-60(48)74-62)37-51(58)53-38-54-49-27-17-19-29-61(49)75-67(54)66-65(53)71(73)56-40-63-55(64(43-22-12-8-13-23-43)68(76-63)44-24-14-9-15-25-44)39-59(56)72(66)57-35-32-46(70(4,5)6)36-50(57)42-20-10-7-11-21-42/h7-41H,1-6H3. The molecule has 6 heteroatoms. The summed E-state index contributed by atoms with van der Waals surface area (Å²) in [6.07, 6.45) is 0. The van der Waals surface area contributed by atoms with Gasteiger partial charge in [0.1, 0.15) is 16.7 Å². The van der Waals surface area contributed by atoms with E-state index in [2.05, 4.69) is 264 Å². The summed E-state index contributed by atoms with van der Waals surface area (Å²) in [6, 6.07) is 78.6. The number of hydrogen-bond donors (Lipinski definition) is 0. The first-order valence-electron chi connectivity index (χ1n) is 26.5. The Morgan fingerprint density at radius 3 is 1.70 bits per heavy atom. The summed E-state index contributed by atoms with van der Waals surface area (Å²) in [5.41, 5.74) is 22.1. The van der Waals surface area contributed by atoms with E-state index in [4.69, 9.17) is 8.83 Å². The molecule has 0 radical (unpaired) electrons. The summed E-state index contributed by atoms with van der Waals surface area (Å²) >= 11 is 1.89. The summed E-state index contributed by atoms with van der Waals surface area (Å²) in [5.74, 6) is 0. The maximum Gasteiger partial charge on any atom is 0.333 e. The fourth-order valence-electron chi connectivity index (χ4n) is 12.4. The maximum absolute atomic E-state index is 7.38. The molecule has 0 atom stereocenters. The number of hydrogen-bond acceptors (Lipinski definition) is 5. The Balaban J connectivity index is 1.15. The Morgan fingerprint density at radius 2 is 1.01 bits per heavy atom. The second-order valence-corrected chi connectivity index (χ2v) is 23.9. The van der Waals surface area contributed by atoms with Gasteiger partial charge in [-0.25, -0.2) is 0 Å². The van der Waals surface area contributed by atoms with Crippen LogP contribution in [0.25, 0.3) is 97.8 Å². The largest absolute Gasteiger partial charge is 0.456 e. The first-order chi connectivity index (χ1) is 37.0. The second-order valence-electron chi connectivity index (χ2n) is 22.8. The Hall–Kier alpha value is -8.58. The van der Waals surface area contributed by atoms with E-state index in [1.807, 2.05) is 11.3 Å². The number of anilines is 5. The van der Waals surface area contributed by atoms with Gasteiger partial charge in [0.2, 0.25) is 0 Å². The van der Waals surface area contributed by atoms with E-state index in [-0.39, 0.29) is 17.7 Å². The lowest BCUT2D eigenvalue weighted by molar-refractivity contribution is 0.590. The number of rotatable bonds is 5. The normalized spacial score (nSPS) is 13.3. The first kappa shape index (κ1) is 44.9. The van der Waals surface area contributed by atoms with E-state index in [0.29, 0.717) is 0 Å². The average molecular weight is 997 g/mol. The summed E-state index contributed by atoms with van der Waals surface area (Å²) in [7, 11) is 0. The molecule has 0 bridgehead atoms. The number of nitrogens with zero attached hydrogens (tertiary/aromatic N) is 2. The third-order valence-electron chi connectivity index (χ3n) is 16.2. The fourth-order valence-corrected chi connectivity index (χ4v) is 13.6. The molecule has 3 aromatic heterocycles. The molecule has 2 aliphatic heterocycles. The summed E-state index contributed by atoms with van der Waals surface area (Å²) in [5, 5.41) is 5.60. The minimum absolute atomic E-state index is 0.0277. The van der Waals surface area contributed by atoms with Crippen LogP contribution in [0.1, 0.15) is 52.7 Å². The van der Waals surface area contributed by atoms with Gasteiger partial charge in [0, 0.05) is 76.3 Å². The molecule has 5 heterocycles. The highest BCUT2D eigenvalue weighted by atomic mass is 32.1. The van der Waals surface area contributed by atoms with Crippen molar-refractivity contribution < 1.29 is 8.83 Å². The van der Waals surface area contributed by atoms with Crippen molar-refractivity contribution in [1.82, 2.24) is 0 Å². The Morgan fingerprint density at radius 1 is 0.421 bits per heavy atom. The minimum atomic E-state index is -0.287. The smallest absolute Gasteiger partial charge is 0.333 e. The zero-order valence-corrected chi connectivity index (χ0v) is 44.2. The molecule has 0 saturated carbocycles. The highest BCUT2D eigenvalue weighted by Crippen LogP contribution is 2.55. The van der Waals surface area contributed by atoms with Crippen LogP contribution in [0.2, 0.25) is 0 Å². The second kappa shape index (κ2) is 16.5. The van der Waals surface area contributed by atoms with Gasteiger partial charge in [0.15, 0.2) is 5.58 Å². The van der Waals surface area contributed by atoms with Crippen molar-refractivity contribution in [2.45, 2.75) is 52.4 Å². The lowest BCUT2D eigenvalue weighted by Crippen LogP contribution is -2.61. The van der Waals surface area contributed by atoms with Gasteiger partial charge in [-0.1, -0.05) is 187 Å². The van der Waals surface area contributed by atoms with Gasteiger partial charge in [-0.05, 0) is 116 Å². The van der Waals surface area contributed by atoms with Crippen molar-refractivity contribution >= 4 is 112 Å². The van der Waals surface area contributed by atoms with Crippen LogP contribution < -0.4 is 20.6 Å². The molecular weight excluding hydrogens is 944 g/mol. The van der Waals surface area contributed by atoms with Crippen LogP contribution in [0.15, 0.2) is 221 Å². The monoisotopic (exact) mass is 996 g/mol. The van der Waals surface area contributed by atoms with Gasteiger partial charge in [0.25, 0.3) is 0 Å².